The molecular weight excluding hydrogens is 554 g/mol. The largest absolute Gasteiger partial charge is 0.497 e. The van der Waals surface area contributed by atoms with Crippen LogP contribution in [0.3, 0.4) is 0 Å². The zero-order chi connectivity index (χ0) is 29.4. The zero-order valence-corrected chi connectivity index (χ0v) is 23.6. The van der Waals surface area contributed by atoms with Crippen LogP contribution in [0.25, 0.3) is 0 Å². The van der Waals surface area contributed by atoms with Gasteiger partial charge in [-0.2, -0.15) is 0 Å². The Morgan fingerprint density at radius 2 is 1.68 bits per heavy atom. The molecule has 0 fully saturated rings. The first-order valence-corrected chi connectivity index (χ1v) is 13.2. The Labute approximate surface area is 238 Å². The molecule has 3 heterocycles. The van der Waals surface area contributed by atoms with Crippen molar-refractivity contribution in [1.82, 2.24) is 9.55 Å². The molecule has 1 aliphatic carbocycles. The molecule has 11 nitrogen and oxygen atoms in total. The summed E-state index contributed by atoms with van der Waals surface area (Å²) in [6.07, 6.45) is 0.199. The molecule has 3 unspecified atom stereocenters. The average Bonchev–Trinajstić information content (AvgIpc) is 3.28. The van der Waals surface area contributed by atoms with Crippen LogP contribution in [0.4, 0.5) is 5.82 Å². The van der Waals surface area contributed by atoms with E-state index in [9.17, 15) is 19.2 Å². The second kappa shape index (κ2) is 9.27. The van der Waals surface area contributed by atoms with Crippen molar-refractivity contribution >= 4 is 29.0 Å². The third kappa shape index (κ3) is 3.51. The molecule has 6 rings (SSSR count). The number of carbonyl (C=O) groups excluding carboxylic acids is 2. The molecule has 212 valence electrons. The van der Waals surface area contributed by atoms with Gasteiger partial charge in [-0.05, 0) is 24.1 Å². The van der Waals surface area contributed by atoms with E-state index in [1.165, 1.54) is 39.0 Å². The smallest absolute Gasteiger partial charge is 0.329 e. The minimum atomic E-state index is -1.97. The number of Topliss-reactive ketones (excluding diaryl/α,β-unsaturated/α-hetero) is 2. The minimum absolute atomic E-state index is 0.00234. The second-order valence-corrected chi connectivity index (χ2v) is 10.6. The van der Waals surface area contributed by atoms with E-state index in [-0.39, 0.29) is 51.2 Å². The highest BCUT2D eigenvalue weighted by molar-refractivity contribution is 6.36. The van der Waals surface area contributed by atoms with Crippen molar-refractivity contribution in [1.29, 1.82) is 0 Å². The third-order valence-electron chi connectivity index (χ3n) is 8.19. The number of hydrogen-bond acceptors (Lipinski definition) is 9. The van der Waals surface area contributed by atoms with E-state index in [2.05, 4.69) is 10.3 Å². The predicted molar refractivity (Wildman–Crippen MR) is 149 cm³/mol. The Morgan fingerprint density at radius 3 is 2.32 bits per heavy atom. The van der Waals surface area contributed by atoms with E-state index < -0.39 is 40.3 Å². The van der Waals surface area contributed by atoms with Crippen molar-refractivity contribution < 1.29 is 28.5 Å². The molecule has 2 aromatic carbocycles. The summed E-state index contributed by atoms with van der Waals surface area (Å²) in [5, 5.41) is 3.21. The number of nitrogens with zero attached hydrogens (tertiary/aromatic N) is 1. The highest BCUT2D eigenvalue weighted by Gasteiger charge is 2.63. The number of fused-ring (bicyclic) bond motifs is 2. The van der Waals surface area contributed by atoms with E-state index in [0.717, 1.165) is 0 Å². The second-order valence-electron chi connectivity index (χ2n) is 10.2. The molecule has 1 spiro atoms. The number of methoxy groups -OCH3 is 3. The van der Waals surface area contributed by atoms with Crippen LogP contribution >= 0.6 is 11.6 Å². The van der Waals surface area contributed by atoms with Crippen LogP contribution < -0.4 is 35.5 Å². The lowest BCUT2D eigenvalue weighted by Gasteiger charge is -2.42. The molecule has 0 bridgehead atoms. The Bertz CT molecular complexity index is 1810. The zero-order valence-electron chi connectivity index (χ0n) is 22.8. The highest BCUT2D eigenvalue weighted by Crippen LogP contribution is 2.56. The monoisotopic (exact) mass is 579 g/mol. The van der Waals surface area contributed by atoms with Gasteiger partial charge in [-0.1, -0.05) is 30.7 Å². The fourth-order valence-corrected chi connectivity index (χ4v) is 6.36. The normalized spacial score (nSPS) is 22.5. The van der Waals surface area contributed by atoms with Gasteiger partial charge in [0.2, 0.25) is 17.2 Å². The molecular formula is C29H26ClN3O8. The minimum Gasteiger partial charge on any atom is -0.497 e. The number of carbonyl (C=O) groups is 2. The predicted octanol–water partition coefficient (Wildman–Crippen LogP) is 3.19. The van der Waals surface area contributed by atoms with Gasteiger partial charge in [0, 0.05) is 36.2 Å². The Hall–Kier alpha value is -4.51. The average molecular weight is 580 g/mol. The number of hydrogen-bond donors (Lipinski definition) is 2. The lowest BCUT2D eigenvalue weighted by atomic mass is 9.66. The molecule has 3 aromatic rings. The van der Waals surface area contributed by atoms with Crippen LogP contribution in [0.5, 0.6) is 23.0 Å². The van der Waals surface area contributed by atoms with E-state index >= 15 is 0 Å². The van der Waals surface area contributed by atoms with Crippen LogP contribution in [0.15, 0.2) is 51.2 Å². The summed E-state index contributed by atoms with van der Waals surface area (Å²) in [5.74, 6) is -1.56. The van der Waals surface area contributed by atoms with Gasteiger partial charge in [0.25, 0.3) is 5.56 Å². The molecule has 0 saturated heterocycles. The fraction of sp³-hybridized carbons (Fsp3) is 0.310. The maximum absolute atomic E-state index is 14.8. The molecule has 1 aromatic heterocycles. The summed E-state index contributed by atoms with van der Waals surface area (Å²) >= 11 is 6.57. The van der Waals surface area contributed by atoms with E-state index in [1.54, 1.807) is 31.2 Å². The number of aromatic amines is 1. The van der Waals surface area contributed by atoms with Gasteiger partial charge in [0.1, 0.15) is 33.7 Å². The number of benzene rings is 2. The van der Waals surface area contributed by atoms with E-state index in [0.29, 0.717) is 17.0 Å². The molecule has 12 heteroatoms. The number of rotatable bonds is 4. The number of allylic oxidation sites excluding steroid dienone is 1. The quantitative estimate of drug-likeness (QED) is 0.446. The first-order valence-electron chi connectivity index (χ1n) is 12.8. The highest BCUT2D eigenvalue weighted by atomic mass is 35.5. The van der Waals surface area contributed by atoms with Gasteiger partial charge in [-0.15, -0.1) is 0 Å². The lowest BCUT2D eigenvalue weighted by Crippen LogP contribution is -2.58. The summed E-state index contributed by atoms with van der Waals surface area (Å²) in [7, 11) is 5.87. The maximum atomic E-state index is 14.8. The molecule has 41 heavy (non-hydrogen) atoms. The van der Waals surface area contributed by atoms with Crippen molar-refractivity contribution in [3.05, 3.63) is 84.2 Å². The molecule has 2 N–H and O–H groups in total. The van der Waals surface area contributed by atoms with Crippen LogP contribution in [0, 0.1) is 5.92 Å². The lowest BCUT2D eigenvalue weighted by molar-refractivity contribution is -0.130. The molecule has 0 saturated carbocycles. The Balaban J connectivity index is 1.59. The van der Waals surface area contributed by atoms with Crippen molar-refractivity contribution in [2.24, 2.45) is 13.0 Å². The number of nitrogens with one attached hydrogen (secondary N) is 2. The van der Waals surface area contributed by atoms with Crippen LogP contribution in [-0.4, -0.2) is 48.0 Å². The van der Waals surface area contributed by atoms with Gasteiger partial charge in [0.05, 0.1) is 26.9 Å². The number of H-pyrrole nitrogens is 1. The summed E-state index contributed by atoms with van der Waals surface area (Å²) in [5.41, 5.74) is -1.75. The fourth-order valence-electron chi connectivity index (χ4n) is 6.09. The van der Waals surface area contributed by atoms with Crippen LogP contribution in [-0.2, 0) is 11.8 Å². The first-order chi connectivity index (χ1) is 19.6. The number of aromatic nitrogens is 2. The molecule has 2 aliphatic heterocycles. The van der Waals surface area contributed by atoms with Crippen molar-refractivity contribution in [2.45, 2.75) is 24.9 Å². The van der Waals surface area contributed by atoms with Gasteiger partial charge >= 0.3 is 5.69 Å². The number of ether oxygens (including phenoxy) is 4. The number of halogens is 1. The SMILES string of the molecule is COc1ccc(C2C3=C(CC(C)C4(Oc5c(Cl)c(OC)cc(OC)c5C4=O)C3=O)Nc3c2c(=O)[nH]c(=O)n3C)cc1. The summed E-state index contributed by atoms with van der Waals surface area (Å²) < 4.78 is 23.7. The summed E-state index contributed by atoms with van der Waals surface area (Å²) in [4.78, 5) is 57.2. The molecule has 0 radical (unpaired) electrons. The van der Waals surface area contributed by atoms with Crippen molar-refractivity contribution in [3.8, 4) is 23.0 Å². The maximum Gasteiger partial charge on any atom is 0.329 e. The third-order valence-corrected chi connectivity index (χ3v) is 8.54. The summed E-state index contributed by atoms with van der Waals surface area (Å²) in [6.45, 7) is 1.74. The topological polar surface area (TPSA) is 138 Å². The van der Waals surface area contributed by atoms with Crippen LogP contribution in [0.1, 0.15) is 40.7 Å². The van der Waals surface area contributed by atoms with Gasteiger partial charge < -0.3 is 24.3 Å². The van der Waals surface area contributed by atoms with E-state index in [4.69, 9.17) is 30.5 Å². The number of ketones is 2. The van der Waals surface area contributed by atoms with Gasteiger partial charge in [-0.25, -0.2) is 4.79 Å². The summed E-state index contributed by atoms with van der Waals surface area (Å²) in [6, 6.07) is 8.38. The molecule has 3 atom stereocenters. The van der Waals surface area contributed by atoms with Crippen LogP contribution in [0.2, 0.25) is 5.02 Å². The van der Waals surface area contributed by atoms with Crippen molar-refractivity contribution in [3.63, 3.8) is 0 Å². The Kier molecular flexibility index (Phi) is 6.04. The molecule has 3 aliphatic rings. The number of anilines is 1. The van der Waals surface area contributed by atoms with Gasteiger partial charge in [0.15, 0.2) is 5.75 Å². The Morgan fingerprint density at radius 1 is 1.00 bits per heavy atom. The van der Waals surface area contributed by atoms with Crippen molar-refractivity contribution in [2.75, 3.05) is 26.6 Å². The van der Waals surface area contributed by atoms with Gasteiger partial charge in [-0.3, -0.25) is 23.9 Å². The first kappa shape index (κ1) is 26.7. The molecule has 0 amide bonds. The standard InChI is InChI=1S/C29H26ClN3O8/c1-12-10-15-19(24(34)29(12)25(35)20-16(39-4)11-17(40-5)22(30)23(20)41-29)18(13-6-8-14(38-3)9-7-13)21-26(31-15)33(2)28(37)32-27(21)36/h6-9,11-12,18,31H,10H2,1-5H3,(H,32,36,37). The van der Waals surface area contributed by atoms with E-state index in [1.807, 2.05) is 0 Å².